The molecule has 4 N–H and O–H groups in total. The maximum absolute atomic E-state index is 5.26. The minimum Gasteiger partial charge on any atom is -0.329 e. The van der Waals surface area contributed by atoms with E-state index in [9.17, 15) is 0 Å². The summed E-state index contributed by atoms with van der Waals surface area (Å²) in [6, 6.07) is 0. The second-order valence-electron chi connectivity index (χ2n) is 1.89. The summed E-state index contributed by atoms with van der Waals surface area (Å²) in [7, 11) is 0. The van der Waals surface area contributed by atoms with Crippen LogP contribution in [0.4, 0.5) is 0 Å². The van der Waals surface area contributed by atoms with E-state index in [2.05, 4.69) is 17.6 Å². The first kappa shape index (κ1) is 8.88. The van der Waals surface area contributed by atoms with Crippen molar-refractivity contribution in [3.63, 3.8) is 0 Å². The Labute approximate surface area is 57.0 Å². The van der Waals surface area contributed by atoms with Crippen LogP contribution in [0.25, 0.3) is 0 Å². The van der Waals surface area contributed by atoms with E-state index in [0.29, 0.717) is 0 Å². The summed E-state index contributed by atoms with van der Waals surface area (Å²) < 4.78 is 0. The van der Waals surface area contributed by atoms with Gasteiger partial charge in [-0.1, -0.05) is 6.92 Å². The van der Waals surface area contributed by atoms with E-state index >= 15 is 0 Å². The standard InChI is InChI=1S/C6H17N3/c1-2-8-5-6-9-4-3-7/h8-9H,2-7H2,1H3. The largest absolute Gasteiger partial charge is 0.329 e. The molecule has 0 aromatic carbocycles. The van der Waals surface area contributed by atoms with Gasteiger partial charge in [0.05, 0.1) is 0 Å². The van der Waals surface area contributed by atoms with E-state index in [4.69, 9.17) is 5.73 Å². The first-order valence-electron chi connectivity index (χ1n) is 3.53. The van der Waals surface area contributed by atoms with Gasteiger partial charge in [-0.15, -0.1) is 0 Å². The van der Waals surface area contributed by atoms with Gasteiger partial charge in [-0.25, -0.2) is 0 Å². The van der Waals surface area contributed by atoms with Gasteiger partial charge in [0, 0.05) is 26.2 Å². The lowest BCUT2D eigenvalue weighted by Crippen LogP contribution is -2.30. The van der Waals surface area contributed by atoms with Gasteiger partial charge in [-0.3, -0.25) is 0 Å². The van der Waals surface area contributed by atoms with Crippen LogP contribution in [0.1, 0.15) is 6.92 Å². The van der Waals surface area contributed by atoms with Gasteiger partial charge in [-0.2, -0.15) is 0 Å². The van der Waals surface area contributed by atoms with E-state index in [1.165, 1.54) is 0 Å². The van der Waals surface area contributed by atoms with Gasteiger partial charge in [-0.05, 0) is 6.54 Å². The minimum atomic E-state index is 0.728. The average molecular weight is 131 g/mol. The van der Waals surface area contributed by atoms with E-state index in [1.54, 1.807) is 0 Å². The number of hydrogen-bond acceptors (Lipinski definition) is 3. The van der Waals surface area contributed by atoms with Crippen LogP contribution in [0, 0.1) is 0 Å². The predicted octanol–water partition coefficient (Wildman–Crippen LogP) is -0.856. The summed E-state index contributed by atoms with van der Waals surface area (Å²) in [5.74, 6) is 0. The molecule has 0 saturated heterocycles. The van der Waals surface area contributed by atoms with Crippen LogP contribution in [-0.2, 0) is 0 Å². The molecular formula is C6H17N3. The average Bonchev–Trinajstić information content (AvgIpc) is 1.89. The Kier molecular flexibility index (Phi) is 7.77. The van der Waals surface area contributed by atoms with Crippen LogP contribution in [0.3, 0.4) is 0 Å². The van der Waals surface area contributed by atoms with Crippen molar-refractivity contribution in [3.05, 3.63) is 0 Å². The topological polar surface area (TPSA) is 50.1 Å². The van der Waals surface area contributed by atoms with E-state index in [-0.39, 0.29) is 0 Å². The quantitative estimate of drug-likeness (QED) is 0.411. The minimum absolute atomic E-state index is 0.728. The van der Waals surface area contributed by atoms with Crippen molar-refractivity contribution in [2.45, 2.75) is 6.92 Å². The molecule has 0 bridgehead atoms. The molecule has 0 aliphatic carbocycles. The highest BCUT2D eigenvalue weighted by atomic mass is 14.9. The van der Waals surface area contributed by atoms with E-state index in [1.807, 2.05) is 0 Å². The number of hydrogen-bond donors (Lipinski definition) is 3. The lowest BCUT2D eigenvalue weighted by atomic mass is 10.5. The molecule has 0 amide bonds. The zero-order chi connectivity index (χ0) is 6.95. The van der Waals surface area contributed by atoms with Crippen LogP contribution < -0.4 is 16.4 Å². The monoisotopic (exact) mass is 131 g/mol. The highest BCUT2D eigenvalue weighted by Crippen LogP contribution is 1.56. The fourth-order valence-electron chi connectivity index (χ4n) is 0.581. The van der Waals surface area contributed by atoms with Gasteiger partial charge < -0.3 is 16.4 Å². The molecule has 0 rings (SSSR count). The van der Waals surface area contributed by atoms with Crippen LogP contribution in [0.15, 0.2) is 0 Å². The number of rotatable bonds is 6. The van der Waals surface area contributed by atoms with E-state index in [0.717, 1.165) is 32.7 Å². The molecule has 0 unspecified atom stereocenters. The third-order valence-corrected chi connectivity index (χ3v) is 1.05. The maximum atomic E-state index is 5.26. The van der Waals surface area contributed by atoms with E-state index < -0.39 is 0 Å². The summed E-state index contributed by atoms with van der Waals surface area (Å²) in [4.78, 5) is 0. The Morgan fingerprint density at radius 3 is 2.33 bits per heavy atom. The normalized spacial score (nSPS) is 10.0. The van der Waals surface area contributed by atoms with Gasteiger partial charge >= 0.3 is 0 Å². The Morgan fingerprint density at radius 1 is 1.11 bits per heavy atom. The van der Waals surface area contributed by atoms with Crippen molar-refractivity contribution in [3.8, 4) is 0 Å². The molecule has 0 aromatic rings. The summed E-state index contributed by atoms with van der Waals surface area (Å²) in [6.07, 6.45) is 0. The molecule has 3 nitrogen and oxygen atoms in total. The van der Waals surface area contributed by atoms with Gasteiger partial charge in [0.2, 0.25) is 0 Å². The second kappa shape index (κ2) is 7.88. The lowest BCUT2D eigenvalue weighted by Gasteiger charge is -2.01. The molecule has 0 spiro atoms. The first-order chi connectivity index (χ1) is 4.41. The fourth-order valence-corrected chi connectivity index (χ4v) is 0.581. The van der Waals surface area contributed by atoms with Crippen molar-refractivity contribution in [2.75, 3.05) is 32.7 Å². The molecule has 56 valence electrons. The first-order valence-corrected chi connectivity index (χ1v) is 3.53. The summed E-state index contributed by atoms with van der Waals surface area (Å²) in [5, 5.41) is 6.39. The molecule has 0 heterocycles. The van der Waals surface area contributed by atoms with Crippen LogP contribution in [0.2, 0.25) is 0 Å². The number of likely N-dealkylation sites (N-methyl/N-ethyl adjacent to an activating group) is 1. The highest BCUT2D eigenvalue weighted by molar-refractivity contribution is 4.49. The summed E-state index contributed by atoms with van der Waals surface area (Å²) in [5.41, 5.74) is 5.26. The zero-order valence-corrected chi connectivity index (χ0v) is 6.11. The van der Waals surface area contributed by atoms with Crippen molar-refractivity contribution < 1.29 is 0 Å². The second-order valence-corrected chi connectivity index (χ2v) is 1.89. The van der Waals surface area contributed by atoms with Gasteiger partial charge in [0.15, 0.2) is 0 Å². The Bertz CT molecular complexity index is 41.6. The third kappa shape index (κ3) is 7.88. The Balaban J connectivity index is 2.60. The van der Waals surface area contributed by atoms with Crippen molar-refractivity contribution in [1.82, 2.24) is 10.6 Å². The molecule has 0 aliphatic rings. The van der Waals surface area contributed by atoms with Crippen molar-refractivity contribution in [1.29, 1.82) is 0 Å². The molecule has 0 aliphatic heterocycles. The van der Waals surface area contributed by atoms with Crippen LogP contribution in [0.5, 0.6) is 0 Å². The smallest absolute Gasteiger partial charge is 0.00772 e. The third-order valence-electron chi connectivity index (χ3n) is 1.05. The van der Waals surface area contributed by atoms with Crippen molar-refractivity contribution >= 4 is 0 Å². The molecule has 0 fully saturated rings. The molecular weight excluding hydrogens is 114 g/mol. The molecule has 0 aromatic heterocycles. The van der Waals surface area contributed by atoms with Crippen LogP contribution in [-0.4, -0.2) is 32.7 Å². The maximum Gasteiger partial charge on any atom is 0.00772 e. The Morgan fingerprint density at radius 2 is 1.78 bits per heavy atom. The van der Waals surface area contributed by atoms with Gasteiger partial charge in [0.1, 0.15) is 0 Å². The highest BCUT2D eigenvalue weighted by Gasteiger charge is 1.81. The summed E-state index contributed by atoms with van der Waals surface area (Å²) >= 11 is 0. The summed E-state index contributed by atoms with van der Waals surface area (Å²) in [6.45, 7) is 6.85. The molecule has 3 heteroatoms. The lowest BCUT2D eigenvalue weighted by molar-refractivity contribution is 0.629. The number of nitrogens with one attached hydrogen (secondary N) is 2. The van der Waals surface area contributed by atoms with Gasteiger partial charge in [0.25, 0.3) is 0 Å². The zero-order valence-electron chi connectivity index (χ0n) is 6.11. The molecule has 0 radical (unpaired) electrons. The Hall–Kier alpha value is -0.120. The van der Waals surface area contributed by atoms with Crippen molar-refractivity contribution in [2.24, 2.45) is 5.73 Å². The number of nitrogens with two attached hydrogens (primary N) is 1. The molecule has 9 heavy (non-hydrogen) atoms. The van der Waals surface area contributed by atoms with Crippen LogP contribution >= 0.6 is 0 Å². The molecule has 0 atom stereocenters. The molecule has 0 saturated carbocycles. The SMILES string of the molecule is CCNCCNCCN. The predicted molar refractivity (Wildman–Crippen MR) is 40.5 cm³/mol. The fraction of sp³-hybridized carbons (Fsp3) is 1.00.